The van der Waals surface area contributed by atoms with E-state index < -0.39 is 5.79 Å². The van der Waals surface area contributed by atoms with Crippen molar-refractivity contribution in [2.45, 2.75) is 58.5 Å². The quantitative estimate of drug-likeness (QED) is 0.527. The van der Waals surface area contributed by atoms with Gasteiger partial charge in [0.05, 0.1) is 11.7 Å². The summed E-state index contributed by atoms with van der Waals surface area (Å²) in [7, 11) is 0. The van der Waals surface area contributed by atoms with Crippen molar-refractivity contribution in [3.63, 3.8) is 0 Å². The Morgan fingerprint density at radius 2 is 1.75 bits per heavy atom. The molecule has 0 spiro atoms. The molecule has 1 fully saturated rings. The van der Waals surface area contributed by atoms with Crippen molar-refractivity contribution in [3.8, 4) is 0 Å². The minimum Gasteiger partial charge on any atom is -0.342 e. The molecule has 3 nitrogen and oxygen atoms in total. The highest BCUT2D eigenvalue weighted by molar-refractivity contribution is 4.76. The molecule has 12 heavy (non-hydrogen) atoms. The molecule has 3 heteroatoms. The van der Waals surface area contributed by atoms with Gasteiger partial charge in [0.2, 0.25) is 0 Å². The zero-order valence-corrected chi connectivity index (χ0v) is 8.51. The maximum Gasteiger partial charge on any atom is 0.196 e. The largest absolute Gasteiger partial charge is 0.342 e. The fourth-order valence-electron chi connectivity index (χ4n) is 1.65. The van der Waals surface area contributed by atoms with Crippen molar-refractivity contribution in [1.82, 2.24) is 0 Å². The lowest BCUT2D eigenvalue weighted by Gasteiger charge is -2.30. The molecule has 1 aliphatic rings. The summed E-state index contributed by atoms with van der Waals surface area (Å²) in [6, 6.07) is 0. The van der Waals surface area contributed by atoms with E-state index in [0.717, 1.165) is 6.42 Å². The van der Waals surface area contributed by atoms with Crippen molar-refractivity contribution < 1.29 is 14.5 Å². The minimum atomic E-state index is -0.645. The molecule has 72 valence electrons. The summed E-state index contributed by atoms with van der Waals surface area (Å²) in [6.45, 7) is 9.78. The molecule has 0 saturated carbocycles. The lowest BCUT2D eigenvalue weighted by Crippen LogP contribution is -2.36. The van der Waals surface area contributed by atoms with Crippen molar-refractivity contribution in [2.24, 2.45) is 0 Å². The Hall–Kier alpha value is -0.120. The summed E-state index contributed by atoms with van der Waals surface area (Å²) in [5.41, 5.74) is -0.181. The summed E-state index contributed by atoms with van der Waals surface area (Å²) in [5.74, 6) is -0.645. The van der Waals surface area contributed by atoms with E-state index >= 15 is 0 Å². The molecule has 1 rings (SSSR count). The Kier molecular flexibility index (Phi) is 2.47. The second-order valence-corrected chi connectivity index (χ2v) is 4.46. The summed E-state index contributed by atoms with van der Waals surface area (Å²) >= 11 is 0. The number of ether oxygens (including phenoxy) is 1. The molecule has 1 unspecified atom stereocenters. The van der Waals surface area contributed by atoms with Crippen LogP contribution in [0.3, 0.4) is 0 Å². The second kappa shape index (κ2) is 2.98. The molecule has 1 heterocycles. The molecule has 1 atom stereocenters. The Labute approximate surface area is 73.9 Å². The van der Waals surface area contributed by atoms with E-state index in [1.165, 1.54) is 0 Å². The summed E-state index contributed by atoms with van der Waals surface area (Å²) < 4.78 is 5.71. The standard InChI is InChI=1S/C9H18O3/c1-7-6-8(2,3)11-9(4,5)12-10-7/h7H,6H2,1-5H3. The summed E-state index contributed by atoms with van der Waals surface area (Å²) in [4.78, 5) is 10.2. The van der Waals surface area contributed by atoms with Gasteiger partial charge >= 0.3 is 0 Å². The van der Waals surface area contributed by atoms with Crippen molar-refractivity contribution >= 4 is 0 Å². The molecule has 0 bridgehead atoms. The maximum absolute atomic E-state index is 5.71. The van der Waals surface area contributed by atoms with Crippen LogP contribution in [0.25, 0.3) is 0 Å². The smallest absolute Gasteiger partial charge is 0.196 e. The van der Waals surface area contributed by atoms with Gasteiger partial charge in [-0.15, -0.1) is 0 Å². The average molecular weight is 174 g/mol. The number of hydrogen-bond donors (Lipinski definition) is 0. The van der Waals surface area contributed by atoms with Gasteiger partial charge in [-0.25, -0.2) is 9.78 Å². The Morgan fingerprint density at radius 1 is 1.17 bits per heavy atom. The molecule has 0 amide bonds. The fourth-order valence-corrected chi connectivity index (χ4v) is 1.65. The minimum absolute atomic E-state index is 0.0850. The van der Waals surface area contributed by atoms with Crippen LogP contribution in [0.4, 0.5) is 0 Å². The van der Waals surface area contributed by atoms with Crippen molar-refractivity contribution in [1.29, 1.82) is 0 Å². The van der Waals surface area contributed by atoms with Gasteiger partial charge < -0.3 is 4.74 Å². The third kappa shape index (κ3) is 2.73. The molecule has 0 radical (unpaired) electrons. The van der Waals surface area contributed by atoms with Crippen LogP contribution in [0.5, 0.6) is 0 Å². The molecule has 1 saturated heterocycles. The number of rotatable bonds is 0. The van der Waals surface area contributed by atoms with E-state index in [2.05, 4.69) is 0 Å². The second-order valence-electron chi connectivity index (χ2n) is 4.46. The van der Waals surface area contributed by atoms with Gasteiger partial charge in [-0.05, 0) is 34.6 Å². The Balaban J connectivity index is 2.69. The molecular weight excluding hydrogens is 156 g/mol. The van der Waals surface area contributed by atoms with Gasteiger partial charge in [-0.1, -0.05) is 0 Å². The molecule has 0 aromatic rings. The highest BCUT2D eigenvalue weighted by Crippen LogP contribution is 2.30. The molecule has 0 N–H and O–H groups in total. The van der Waals surface area contributed by atoms with Crippen LogP contribution >= 0.6 is 0 Å². The van der Waals surface area contributed by atoms with E-state index in [9.17, 15) is 0 Å². The monoisotopic (exact) mass is 174 g/mol. The zero-order valence-electron chi connectivity index (χ0n) is 8.51. The topological polar surface area (TPSA) is 27.7 Å². The lowest BCUT2D eigenvalue weighted by atomic mass is 10.0. The van der Waals surface area contributed by atoms with Gasteiger partial charge in [0.25, 0.3) is 0 Å². The molecular formula is C9H18O3. The first-order chi connectivity index (χ1) is 5.31. The first-order valence-electron chi connectivity index (χ1n) is 4.35. The summed E-state index contributed by atoms with van der Waals surface area (Å²) in [6.07, 6.45) is 0.929. The highest BCUT2D eigenvalue weighted by Gasteiger charge is 2.36. The van der Waals surface area contributed by atoms with Crippen LogP contribution in [-0.4, -0.2) is 17.5 Å². The van der Waals surface area contributed by atoms with Gasteiger partial charge in [0.1, 0.15) is 0 Å². The normalized spacial score (nSPS) is 34.2. The van der Waals surface area contributed by atoms with Crippen molar-refractivity contribution in [3.05, 3.63) is 0 Å². The van der Waals surface area contributed by atoms with E-state index in [-0.39, 0.29) is 11.7 Å². The lowest BCUT2D eigenvalue weighted by molar-refractivity contribution is -0.423. The zero-order chi connectivity index (χ0) is 9.41. The van der Waals surface area contributed by atoms with Gasteiger partial charge in [0.15, 0.2) is 5.79 Å². The van der Waals surface area contributed by atoms with Gasteiger partial charge in [0, 0.05) is 6.42 Å². The average Bonchev–Trinajstić information content (AvgIpc) is 1.86. The molecule has 0 aliphatic carbocycles. The third-order valence-corrected chi connectivity index (χ3v) is 1.71. The van der Waals surface area contributed by atoms with Crippen LogP contribution in [0.15, 0.2) is 0 Å². The van der Waals surface area contributed by atoms with E-state index in [4.69, 9.17) is 14.5 Å². The predicted molar refractivity (Wildman–Crippen MR) is 45.5 cm³/mol. The SMILES string of the molecule is CC1CC(C)(C)OC(C)(C)OO1. The maximum atomic E-state index is 5.71. The van der Waals surface area contributed by atoms with E-state index in [0.29, 0.717) is 0 Å². The van der Waals surface area contributed by atoms with Crippen molar-refractivity contribution in [2.75, 3.05) is 0 Å². The fraction of sp³-hybridized carbons (Fsp3) is 1.00. The van der Waals surface area contributed by atoms with Crippen LogP contribution in [0, 0.1) is 0 Å². The van der Waals surface area contributed by atoms with Crippen LogP contribution < -0.4 is 0 Å². The highest BCUT2D eigenvalue weighted by atomic mass is 17.2. The van der Waals surface area contributed by atoms with E-state index in [1.807, 2.05) is 34.6 Å². The van der Waals surface area contributed by atoms with Crippen LogP contribution in [0.2, 0.25) is 0 Å². The third-order valence-electron chi connectivity index (χ3n) is 1.71. The van der Waals surface area contributed by atoms with Crippen LogP contribution in [0.1, 0.15) is 41.0 Å². The first kappa shape index (κ1) is 9.96. The molecule has 0 aromatic carbocycles. The summed E-state index contributed by atoms with van der Waals surface area (Å²) in [5, 5.41) is 0. The van der Waals surface area contributed by atoms with E-state index in [1.54, 1.807) is 0 Å². The number of hydrogen-bond acceptors (Lipinski definition) is 3. The van der Waals surface area contributed by atoms with Gasteiger partial charge in [-0.3, -0.25) is 0 Å². The van der Waals surface area contributed by atoms with Crippen LogP contribution in [-0.2, 0) is 14.5 Å². The molecule has 0 aromatic heterocycles. The Morgan fingerprint density at radius 3 is 2.33 bits per heavy atom. The first-order valence-corrected chi connectivity index (χ1v) is 4.35. The molecule has 1 aliphatic heterocycles. The predicted octanol–water partition coefficient (Wildman–Crippen LogP) is 2.26. The van der Waals surface area contributed by atoms with Gasteiger partial charge in [-0.2, -0.15) is 0 Å². The Bertz CT molecular complexity index is 163.